The molecule has 19 heavy (non-hydrogen) atoms. The lowest BCUT2D eigenvalue weighted by Crippen LogP contribution is -2.16. The standard InChI is InChI=1S/C15H15N3O/c1-18(10-11-4-3-9-19-11)14-7-6-13(16)15-12(14)5-2-8-17-15/h2-9H,10,16H2,1H3. The summed E-state index contributed by atoms with van der Waals surface area (Å²) in [5.41, 5.74) is 8.59. The lowest BCUT2D eigenvalue weighted by atomic mass is 10.1. The van der Waals surface area contributed by atoms with Crippen LogP contribution < -0.4 is 10.6 Å². The van der Waals surface area contributed by atoms with E-state index in [-0.39, 0.29) is 0 Å². The number of hydrogen-bond acceptors (Lipinski definition) is 4. The number of nitrogens with zero attached hydrogens (tertiary/aromatic N) is 2. The lowest BCUT2D eigenvalue weighted by Gasteiger charge is -2.20. The first kappa shape index (κ1) is 11.6. The van der Waals surface area contributed by atoms with Crippen molar-refractivity contribution in [2.75, 3.05) is 17.7 Å². The maximum absolute atomic E-state index is 5.96. The zero-order valence-corrected chi connectivity index (χ0v) is 10.7. The Balaban J connectivity index is 2.03. The van der Waals surface area contributed by atoms with Crippen LogP contribution >= 0.6 is 0 Å². The van der Waals surface area contributed by atoms with Crippen molar-refractivity contribution >= 4 is 22.3 Å². The Morgan fingerprint density at radius 3 is 2.89 bits per heavy atom. The van der Waals surface area contributed by atoms with Gasteiger partial charge in [0.15, 0.2) is 0 Å². The van der Waals surface area contributed by atoms with Crippen LogP contribution in [0, 0.1) is 0 Å². The SMILES string of the molecule is CN(Cc1ccco1)c1ccc(N)c2ncccc12. The molecule has 0 saturated heterocycles. The molecule has 0 aliphatic carbocycles. The van der Waals surface area contributed by atoms with Crippen LogP contribution in [-0.2, 0) is 6.54 Å². The Morgan fingerprint density at radius 2 is 2.11 bits per heavy atom. The van der Waals surface area contributed by atoms with E-state index in [1.807, 2.05) is 43.4 Å². The molecule has 2 N–H and O–H groups in total. The van der Waals surface area contributed by atoms with E-state index >= 15 is 0 Å². The summed E-state index contributed by atoms with van der Waals surface area (Å²) in [6.45, 7) is 0.709. The van der Waals surface area contributed by atoms with Gasteiger partial charge < -0.3 is 15.1 Å². The van der Waals surface area contributed by atoms with Crippen LogP contribution in [0.15, 0.2) is 53.3 Å². The van der Waals surface area contributed by atoms with Crippen LogP contribution in [0.4, 0.5) is 11.4 Å². The maximum Gasteiger partial charge on any atom is 0.123 e. The van der Waals surface area contributed by atoms with E-state index in [2.05, 4.69) is 9.88 Å². The fourth-order valence-electron chi connectivity index (χ4n) is 2.23. The van der Waals surface area contributed by atoms with E-state index in [4.69, 9.17) is 10.2 Å². The molecule has 0 radical (unpaired) electrons. The Labute approximate surface area is 111 Å². The third-order valence-electron chi connectivity index (χ3n) is 3.16. The predicted octanol–water partition coefficient (Wildman–Crippen LogP) is 3.05. The van der Waals surface area contributed by atoms with Crippen molar-refractivity contribution in [3.8, 4) is 0 Å². The maximum atomic E-state index is 5.96. The molecule has 0 atom stereocenters. The molecular formula is C15H15N3O. The van der Waals surface area contributed by atoms with E-state index < -0.39 is 0 Å². The molecule has 4 nitrogen and oxygen atoms in total. The zero-order valence-electron chi connectivity index (χ0n) is 10.7. The first-order chi connectivity index (χ1) is 9.25. The van der Waals surface area contributed by atoms with Crippen LogP contribution in [0.2, 0.25) is 0 Å². The topological polar surface area (TPSA) is 55.3 Å². The smallest absolute Gasteiger partial charge is 0.123 e. The van der Waals surface area contributed by atoms with Crippen molar-refractivity contribution < 1.29 is 4.42 Å². The average molecular weight is 253 g/mol. The number of hydrogen-bond donors (Lipinski definition) is 1. The van der Waals surface area contributed by atoms with Gasteiger partial charge in [0.05, 0.1) is 24.0 Å². The molecule has 0 aliphatic rings. The second-order valence-corrected chi connectivity index (χ2v) is 4.51. The normalized spacial score (nSPS) is 10.8. The Hall–Kier alpha value is -2.49. The number of nitrogen functional groups attached to an aromatic ring is 1. The van der Waals surface area contributed by atoms with Crippen LogP contribution in [0.5, 0.6) is 0 Å². The van der Waals surface area contributed by atoms with Crippen molar-refractivity contribution in [3.05, 3.63) is 54.6 Å². The number of nitrogens with two attached hydrogens (primary N) is 1. The number of rotatable bonds is 3. The number of aromatic nitrogens is 1. The molecule has 0 fully saturated rings. The monoisotopic (exact) mass is 253 g/mol. The predicted molar refractivity (Wildman–Crippen MR) is 77.0 cm³/mol. The van der Waals surface area contributed by atoms with E-state index in [1.54, 1.807) is 12.5 Å². The van der Waals surface area contributed by atoms with Crippen molar-refractivity contribution in [2.45, 2.75) is 6.54 Å². The lowest BCUT2D eigenvalue weighted by molar-refractivity contribution is 0.508. The zero-order chi connectivity index (χ0) is 13.2. The summed E-state index contributed by atoms with van der Waals surface area (Å²) < 4.78 is 5.38. The molecule has 3 rings (SSSR count). The summed E-state index contributed by atoms with van der Waals surface area (Å²) in [7, 11) is 2.03. The van der Waals surface area contributed by atoms with Crippen LogP contribution in [0.1, 0.15) is 5.76 Å². The van der Waals surface area contributed by atoms with Gasteiger partial charge in [-0.25, -0.2) is 0 Å². The molecule has 0 spiro atoms. The highest BCUT2D eigenvalue weighted by Gasteiger charge is 2.10. The molecule has 4 heteroatoms. The number of anilines is 2. The number of benzene rings is 1. The molecule has 0 saturated carbocycles. The van der Waals surface area contributed by atoms with Crippen LogP contribution in [0.3, 0.4) is 0 Å². The van der Waals surface area contributed by atoms with Gasteiger partial charge in [0.1, 0.15) is 5.76 Å². The second-order valence-electron chi connectivity index (χ2n) is 4.51. The van der Waals surface area contributed by atoms with E-state index in [9.17, 15) is 0 Å². The van der Waals surface area contributed by atoms with Crippen LogP contribution in [0.25, 0.3) is 10.9 Å². The van der Waals surface area contributed by atoms with Crippen molar-refractivity contribution in [1.82, 2.24) is 4.98 Å². The molecule has 2 heterocycles. The van der Waals surface area contributed by atoms with Gasteiger partial charge in [0.25, 0.3) is 0 Å². The molecule has 0 unspecified atom stereocenters. The van der Waals surface area contributed by atoms with Gasteiger partial charge in [-0.2, -0.15) is 0 Å². The second kappa shape index (κ2) is 4.65. The van der Waals surface area contributed by atoms with Crippen molar-refractivity contribution in [2.24, 2.45) is 0 Å². The largest absolute Gasteiger partial charge is 0.467 e. The fourth-order valence-corrected chi connectivity index (χ4v) is 2.23. The highest BCUT2D eigenvalue weighted by molar-refractivity contribution is 5.98. The van der Waals surface area contributed by atoms with Gasteiger partial charge >= 0.3 is 0 Å². The molecule has 2 aromatic heterocycles. The minimum absolute atomic E-state index is 0.700. The third-order valence-corrected chi connectivity index (χ3v) is 3.16. The quantitative estimate of drug-likeness (QED) is 0.729. The molecule has 1 aromatic carbocycles. The Morgan fingerprint density at radius 1 is 1.21 bits per heavy atom. The fraction of sp³-hybridized carbons (Fsp3) is 0.133. The van der Waals surface area contributed by atoms with Gasteiger partial charge in [-0.15, -0.1) is 0 Å². The summed E-state index contributed by atoms with van der Waals surface area (Å²) in [4.78, 5) is 6.47. The first-order valence-corrected chi connectivity index (χ1v) is 6.12. The van der Waals surface area contributed by atoms with Gasteiger partial charge in [0, 0.05) is 24.3 Å². The minimum atomic E-state index is 0.700. The van der Waals surface area contributed by atoms with Gasteiger partial charge in [-0.1, -0.05) is 0 Å². The third kappa shape index (κ3) is 2.12. The van der Waals surface area contributed by atoms with E-state index in [0.29, 0.717) is 12.2 Å². The summed E-state index contributed by atoms with van der Waals surface area (Å²) >= 11 is 0. The molecule has 0 aliphatic heterocycles. The van der Waals surface area contributed by atoms with Crippen LogP contribution in [-0.4, -0.2) is 12.0 Å². The first-order valence-electron chi connectivity index (χ1n) is 6.12. The summed E-state index contributed by atoms with van der Waals surface area (Å²) in [5.74, 6) is 0.927. The average Bonchev–Trinajstić information content (AvgIpc) is 2.92. The summed E-state index contributed by atoms with van der Waals surface area (Å²) in [6.07, 6.45) is 3.45. The number of furan rings is 1. The van der Waals surface area contributed by atoms with E-state index in [1.165, 1.54) is 0 Å². The summed E-state index contributed by atoms with van der Waals surface area (Å²) in [6, 6.07) is 11.7. The van der Waals surface area contributed by atoms with Gasteiger partial charge in [-0.3, -0.25) is 4.98 Å². The number of pyridine rings is 1. The van der Waals surface area contributed by atoms with Gasteiger partial charge in [-0.05, 0) is 36.4 Å². The summed E-state index contributed by atoms with van der Waals surface area (Å²) in [5, 5.41) is 1.05. The highest BCUT2D eigenvalue weighted by atomic mass is 16.3. The Bertz CT molecular complexity index is 692. The van der Waals surface area contributed by atoms with E-state index in [0.717, 1.165) is 22.4 Å². The molecule has 96 valence electrons. The molecular weight excluding hydrogens is 238 g/mol. The van der Waals surface area contributed by atoms with Crippen molar-refractivity contribution in [1.29, 1.82) is 0 Å². The minimum Gasteiger partial charge on any atom is -0.467 e. The molecule has 3 aromatic rings. The number of fused-ring (bicyclic) bond motifs is 1. The molecule has 0 bridgehead atoms. The molecule has 0 amide bonds. The van der Waals surface area contributed by atoms with Crippen molar-refractivity contribution in [3.63, 3.8) is 0 Å². The van der Waals surface area contributed by atoms with Gasteiger partial charge in [0.2, 0.25) is 0 Å². The Kier molecular flexibility index (Phi) is 2.83. The highest BCUT2D eigenvalue weighted by Crippen LogP contribution is 2.29.